The quantitative estimate of drug-likeness (QED) is 0.158. The molecule has 232 valence electrons. The molecule has 0 aromatic rings. The summed E-state index contributed by atoms with van der Waals surface area (Å²) in [5.41, 5.74) is -0.769. The zero-order chi connectivity index (χ0) is 30.1. The number of rotatable bonds is 11. The van der Waals surface area contributed by atoms with Gasteiger partial charge in [-0.3, -0.25) is 14.4 Å². The predicted molar refractivity (Wildman–Crippen MR) is 147 cm³/mol. The highest BCUT2D eigenvalue weighted by atomic mass is 32.1. The first-order valence-corrected chi connectivity index (χ1v) is 15.3. The van der Waals surface area contributed by atoms with Crippen molar-refractivity contribution >= 4 is 36.4 Å². The van der Waals surface area contributed by atoms with Crippen molar-refractivity contribution in [1.29, 1.82) is 0 Å². The van der Waals surface area contributed by atoms with Gasteiger partial charge in [-0.2, -0.15) is 12.6 Å². The number of thiol groups is 1. The first-order chi connectivity index (χ1) is 19.3. The van der Waals surface area contributed by atoms with E-state index >= 15 is 0 Å². The molecule has 0 radical (unpaired) electrons. The van der Waals surface area contributed by atoms with Crippen LogP contribution in [-0.4, -0.2) is 70.7 Å². The molecule has 5 rings (SSSR count). The number of carboxylic acids is 1. The van der Waals surface area contributed by atoms with Crippen molar-refractivity contribution in [3.63, 3.8) is 0 Å². The Bertz CT molecular complexity index is 1010. The Labute approximate surface area is 246 Å². The van der Waals surface area contributed by atoms with Crippen molar-refractivity contribution in [2.75, 3.05) is 5.75 Å². The van der Waals surface area contributed by atoms with Crippen LogP contribution in [0.1, 0.15) is 79.6 Å². The standard InChI is InChI=1S/C28H44N2O10S/c1-14(2)12-19(23(33)30-20(13-41)24(34)35)29-21(31)8-9-22(32)36-25-16(4)18-7-6-15(3)17-10-11-27(5)38-26(37-25)28(17,18)40-39-27/h14-20,25-26,41H,6-13H2,1-5H3,(H,29,31)(H,30,33)(H,34,35)/t15-,16-,17+,18-,19+,20+,25-,26+,27-,28-/m1/s1. The van der Waals surface area contributed by atoms with Gasteiger partial charge in [-0.15, -0.1) is 0 Å². The largest absolute Gasteiger partial charge is 0.480 e. The number of carbonyl (C=O) groups excluding carboxylic acids is 3. The van der Waals surface area contributed by atoms with E-state index in [4.69, 9.17) is 24.0 Å². The van der Waals surface area contributed by atoms with Crippen molar-refractivity contribution in [1.82, 2.24) is 10.6 Å². The molecule has 3 N–H and O–H groups in total. The Hall–Kier alpha value is -1.93. The van der Waals surface area contributed by atoms with Crippen LogP contribution in [0.3, 0.4) is 0 Å². The van der Waals surface area contributed by atoms with Gasteiger partial charge in [-0.05, 0) is 50.4 Å². The van der Waals surface area contributed by atoms with Crippen LogP contribution in [0, 0.1) is 29.6 Å². The van der Waals surface area contributed by atoms with Gasteiger partial charge in [0, 0.05) is 30.4 Å². The number of nitrogens with one attached hydrogen (secondary N) is 2. The van der Waals surface area contributed by atoms with Crippen LogP contribution in [-0.2, 0) is 43.2 Å². The predicted octanol–water partition coefficient (Wildman–Crippen LogP) is 2.55. The first-order valence-electron chi connectivity index (χ1n) is 14.6. The molecule has 12 nitrogen and oxygen atoms in total. The summed E-state index contributed by atoms with van der Waals surface area (Å²) in [7, 11) is 0. The number of amides is 2. The molecule has 1 aliphatic carbocycles. The van der Waals surface area contributed by atoms with Crippen LogP contribution in [0.25, 0.3) is 0 Å². The number of carboxylic acid groups (broad SMARTS) is 1. The van der Waals surface area contributed by atoms with Gasteiger partial charge in [-0.25, -0.2) is 14.6 Å². The monoisotopic (exact) mass is 600 g/mol. The molecule has 0 aromatic heterocycles. The highest BCUT2D eigenvalue weighted by molar-refractivity contribution is 7.80. The Morgan fingerprint density at radius 3 is 2.41 bits per heavy atom. The molecule has 2 amide bonds. The van der Waals surface area contributed by atoms with E-state index in [-0.39, 0.29) is 42.3 Å². The second-order valence-corrected chi connectivity index (χ2v) is 13.0. The average molecular weight is 601 g/mol. The summed E-state index contributed by atoms with van der Waals surface area (Å²) in [4.78, 5) is 61.4. The van der Waals surface area contributed by atoms with E-state index in [9.17, 15) is 24.3 Å². The number of ether oxygens (including phenoxy) is 3. The lowest BCUT2D eigenvalue weighted by Crippen LogP contribution is -2.70. The van der Waals surface area contributed by atoms with E-state index in [2.05, 4.69) is 30.2 Å². The number of hydrogen-bond donors (Lipinski definition) is 4. The lowest BCUT2D eigenvalue weighted by molar-refractivity contribution is -0.576. The summed E-state index contributed by atoms with van der Waals surface area (Å²) in [5.74, 6) is -3.57. The third-order valence-corrected chi connectivity index (χ3v) is 9.42. The van der Waals surface area contributed by atoms with Gasteiger partial charge < -0.3 is 30.0 Å². The van der Waals surface area contributed by atoms with E-state index in [1.165, 1.54) is 0 Å². The zero-order valence-corrected chi connectivity index (χ0v) is 25.3. The molecule has 13 heteroatoms. The molecular formula is C28H44N2O10S. The molecule has 2 bridgehead atoms. The molecule has 0 aromatic carbocycles. The van der Waals surface area contributed by atoms with E-state index in [0.717, 1.165) is 19.3 Å². The molecule has 1 spiro atoms. The second kappa shape index (κ2) is 12.7. The van der Waals surface area contributed by atoms with Gasteiger partial charge in [-0.1, -0.05) is 27.7 Å². The summed E-state index contributed by atoms with van der Waals surface area (Å²) in [5, 5.41) is 14.2. The third kappa shape index (κ3) is 6.69. The first kappa shape index (κ1) is 32.0. The van der Waals surface area contributed by atoms with Crippen molar-refractivity contribution < 1.29 is 48.3 Å². The minimum Gasteiger partial charge on any atom is -0.480 e. The normalized spacial score (nSPS) is 37.3. The Kier molecular flexibility index (Phi) is 9.94. The van der Waals surface area contributed by atoms with Gasteiger partial charge in [0.05, 0.1) is 6.42 Å². The molecule has 10 atom stereocenters. The fraction of sp³-hybridized carbons (Fsp3) is 0.857. The van der Waals surface area contributed by atoms with Gasteiger partial charge in [0.1, 0.15) is 12.1 Å². The Balaban J connectivity index is 1.35. The lowest BCUT2D eigenvalue weighted by Gasteiger charge is -2.59. The number of fused-ring (bicyclic) bond motifs is 2. The van der Waals surface area contributed by atoms with Gasteiger partial charge in [0.15, 0.2) is 11.9 Å². The molecule has 4 heterocycles. The molecule has 5 fully saturated rings. The smallest absolute Gasteiger partial charge is 0.327 e. The number of aliphatic carboxylic acids is 1. The highest BCUT2D eigenvalue weighted by Crippen LogP contribution is 2.60. The number of carbonyl (C=O) groups is 4. The van der Waals surface area contributed by atoms with Crippen molar-refractivity contribution in [3.8, 4) is 0 Å². The lowest BCUT2D eigenvalue weighted by atomic mass is 9.58. The number of esters is 1. The molecule has 0 unspecified atom stereocenters. The molecule has 4 saturated heterocycles. The molecule has 5 aliphatic rings. The fourth-order valence-corrected chi connectivity index (χ4v) is 7.09. The summed E-state index contributed by atoms with van der Waals surface area (Å²) < 4.78 is 18.3. The summed E-state index contributed by atoms with van der Waals surface area (Å²) >= 11 is 3.96. The summed E-state index contributed by atoms with van der Waals surface area (Å²) in [6.07, 6.45) is 1.67. The van der Waals surface area contributed by atoms with E-state index in [0.29, 0.717) is 18.8 Å². The molecular weight excluding hydrogens is 556 g/mol. The Morgan fingerprint density at radius 1 is 1.02 bits per heavy atom. The molecule has 41 heavy (non-hydrogen) atoms. The highest BCUT2D eigenvalue weighted by Gasteiger charge is 2.69. The fourth-order valence-electron chi connectivity index (χ4n) is 6.84. The van der Waals surface area contributed by atoms with Gasteiger partial charge >= 0.3 is 11.9 Å². The second-order valence-electron chi connectivity index (χ2n) is 12.6. The third-order valence-electron chi connectivity index (χ3n) is 9.06. The van der Waals surface area contributed by atoms with Crippen molar-refractivity contribution in [3.05, 3.63) is 0 Å². The summed E-state index contributed by atoms with van der Waals surface area (Å²) in [6.45, 7) is 9.77. The number of hydrogen-bond acceptors (Lipinski definition) is 10. The van der Waals surface area contributed by atoms with E-state index < -0.39 is 59.8 Å². The van der Waals surface area contributed by atoms with Crippen LogP contribution in [0.5, 0.6) is 0 Å². The molecule has 1 saturated carbocycles. The SMILES string of the molecule is CC(C)C[C@H](NC(=O)CCC(=O)O[C@@H]1O[C@H]2O[C@@]3(C)CC[C@H]4[C@H](C)CC[C@H]([C@H]1C)[C@@]24OO3)C(=O)N[C@@H](CS)C(=O)O. The minimum atomic E-state index is -1.22. The molecule has 4 aliphatic heterocycles. The Morgan fingerprint density at radius 2 is 1.76 bits per heavy atom. The maximum Gasteiger partial charge on any atom is 0.327 e. The topological polar surface area (TPSA) is 159 Å². The van der Waals surface area contributed by atoms with Crippen LogP contribution in [0.15, 0.2) is 0 Å². The maximum atomic E-state index is 12.9. The van der Waals surface area contributed by atoms with Gasteiger partial charge in [0.2, 0.25) is 23.9 Å². The minimum absolute atomic E-state index is 0.00612. The average Bonchev–Trinajstić information content (AvgIpc) is 3.13. The van der Waals surface area contributed by atoms with Gasteiger partial charge in [0.25, 0.3) is 0 Å². The van der Waals surface area contributed by atoms with Crippen molar-refractivity contribution in [2.24, 2.45) is 29.6 Å². The van der Waals surface area contributed by atoms with Crippen LogP contribution in [0.2, 0.25) is 0 Å². The van der Waals surface area contributed by atoms with E-state index in [1.54, 1.807) is 0 Å². The van der Waals surface area contributed by atoms with Crippen LogP contribution in [0.4, 0.5) is 0 Å². The van der Waals surface area contributed by atoms with Crippen LogP contribution < -0.4 is 10.6 Å². The van der Waals surface area contributed by atoms with Crippen molar-refractivity contribution in [2.45, 2.75) is 116 Å². The zero-order valence-electron chi connectivity index (χ0n) is 24.4. The van der Waals surface area contributed by atoms with E-state index in [1.807, 2.05) is 27.7 Å². The maximum absolute atomic E-state index is 12.9. The summed E-state index contributed by atoms with van der Waals surface area (Å²) in [6, 6.07) is -2.13. The van der Waals surface area contributed by atoms with Crippen LogP contribution >= 0.6 is 12.6 Å².